The molecule has 8 heteroatoms. The topological polar surface area (TPSA) is 72.9 Å². The number of carbonyl (C=O) groups is 1. The lowest BCUT2D eigenvalue weighted by Gasteiger charge is -2.34. The van der Waals surface area contributed by atoms with Gasteiger partial charge in [0, 0.05) is 18.1 Å². The first kappa shape index (κ1) is 19.8. The summed E-state index contributed by atoms with van der Waals surface area (Å²) in [6.45, 7) is 4.28. The minimum absolute atomic E-state index is 0.131. The lowest BCUT2D eigenvalue weighted by Crippen LogP contribution is -2.48. The molecular weight excluding hydrogens is 390 g/mol. The van der Waals surface area contributed by atoms with Crippen LogP contribution in [-0.2, 0) is 14.8 Å². The highest BCUT2D eigenvalue weighted by molar-refractivity contribution is 7.89. The van der Waals surface area contributed by atoms with Gasteiger partial charge in [-0.1, -0.05) is 11.6 Å². The first-order chi connectivity index (χ1) is 12.8. The molecule has 1 heterocycles. The molecule has 144 valence electrons. The molecule has 0 N–H and O–H groups in total. The highest BCUT2D eigenvalue weighted by Gasteiger charge is 2.32. The van der Waals surface area contributed by atoms with Gasteiger partial charge in [0.05, 0.1) is 22.7 Å². The Hall–Kier alpha value is -1.93. The van der Waals surface area contributed by atoms with Crippen LogP contribution in [0.25, 0.3) is 0 Å². The maximum Gasteiger partial charge on any atom is 0.343 e. The lowest BCUT2D eigenvalue weighted by atomic mass is 10.2. The molecular formula is C19H20ClNO5S. The van der Waals surface area contributed by atoms with Crippen molar-refractivity contribution in [2.24, 2.45) is 0 Å². The smallest absolute Gasteiger partial charge is 0.343 e. The molecule has 0 bridgehead atoms. The number of esters is 1. The molecule has 0 unspecified atom stereocenters. The minimum Gasteiger partial charge on any atom is -0.423 e. The summed E-state index contributed by atoms with van der Waals surface area (Å²) in [6, 6.07) is 12.1. The van der Waals surface area contributed by atoms with E-state index in [0.29, 0.717) is 23.9 Å². The van der Waals surface area contributed by atoms with Crippen LogP contribution in [0, 0.1) is 0 Å². The second-order valence-corrected chi connectivity index (χ2v) is 8.82. The second kappa shape index (κ2) is 7.98. The summed E-state index contributed by atoms with van der Waals surface area (Å²) in [5.41, 5.74) is 0.257. The minimum atomic E-state index is -3.65. The van der Waals surface area contributed by atoms with E-state index in [-0.39, 0.29) is 22.7 Å². The molecule has 1 saturated heterocycles. The zero-order chi connectivity index (χ0) is 19.6. The van der Waals surface area contributed by atoms with Gasteiger partial charge >= 0.3 is 5.97 Å². The van der Waals surface area contributed by atoms with Gasteiger partial charge in [-0.2, -0.15) is 4.31 Å². The zero-order valence-corrected chi connectivity index (χ0v) is 16.5. The maximum absolute atomic E-state index is 12.8. The molecule has 0 aliphatic carbocycles. The molecule has 2 aromatic rings. The highest BCUT2D eigenvalue weighted by Crippen LogP contribution is 2.22. The van der Waals surface area contributed by atoms with Gasteiger partial charge in [0.1, 0.15) is 5.75 Å². The van der Waals surface area contributed by atoms with Crippen LogP contribution in [-0.4, -0.2) is 44.0 Å². The van der Waals surface area contributed by atoms with Crippen molar-refractivity contribution in [3.05, 3.63) is 59.1 Å². The normalized spacial score (nSPS) is 21.0. The van der Waals surface area contributed by atoms with Crippen LogP contribution in [0.5, 0.6) is 5.75 Å². The first-order valence-corrected chi connectivity index (χ1v) is 10.3. The second-order valence-electron chi connectivity index (χ2n) is 6.45. The van der Waals surface area contributed by atoms with Gasteiger partial charge in [0.2, 0.25) is 10.0 Å². The van der Waals surface area contributed by atoms with Gasteiger partial charge < -0.3 is 9.47 Å². The fourth-order valence-corrected chi connectivity index (χ4v) is 4.62. The summed E-state index contributed by atoms with van der Waals surface area (Å²) < 4.78 is 37.9. The summed E-state index contributed by atoms with van der Waals surface area (Å²) in [7, 11) is -3.65. The van der Waals surface area contributed by atoms with Gasteiger partial charge in [-0.25, -0.2) is 13.2 Å². The van der Waals surface area contributed by atoms with Crippen molar-refractivity contribution in [3.8, 4) is 5.75 Å². The summed E-state index contributed by atoms with van der Waals surface area (Å²) in [4.78, 5) is 12.3. The maximum atomic E-state index is 12.8. The zero-order valence-electron chi connectivity index (χ0n) is 15.0. The Bertz CT molecular complexity index is 902. The molecule has 6 nitrogen and oxygen atoms in total. The number of halogens is 1. The number of rotatable bonds is 4. The molecule has 1 aliphatic rings. The van der Waals surface area contributed by atoms with Crippen molar-refractivity contribution in [2.75, 3.05) is 13.1 Å². The van der Waals surface area contributed by atoms with Crippen LogP contribution in [0.1, 0.15) is 24.2 Å². The Morgan fingerprint density at radius 1 is 1.04 bits per heavy atom. The summed E-state index contributed by atoms with van der Waals surface area (Å²) in [6.07, 6.45) is -0.339. The fraction of sp³-hybridized carbons (Fsp3) is 0.316. The number of ether oxygens (including phenoxy) is 2. The highest BCUT2D eigenvalue weighted by atomic mass is 35.5. The molecule has 0 amide bonds. The van der Waals surface area contributed by atoms with Crippen LogP contribution in [0.2, 0.25) is 5.02 Å². The average molecular weight is 410 g/mol. The quantitative estimate of drug-likeness (QED) is 0.572. The molecule has 3 rings (SSSR count). The van der Waals surface area contributed by atoms with E-state index in [2.05, 4.69) is 0 Å². The van der Waals surface area contributed by atoms with E-state index < -0.39 is 16.0 Å². The van der Waals surface area contributed by atoms with Crippen molar-refractivity contribution in [1.29, 1.82) is 0 Å². The van der Waals surface area contributed by atoms with Crippen molar-refractivity contribution in [3.63, 3.8) is 0 Å². The summed E-state index contributed by atoms with van der Waals surface area (Å²) in [5, 5.41) is 0.538. The van der Waals surface area contributed by atoms with Gasteiger partial charge in [-0.05, 0) is 62.4 Å². The number of carbonyl (C=O) groups excluding carboxylic acids is 1. The molecule has 0 saturated carbocycles. The SMILES string of the molecule is C[C@@H]1CN(S(=O)(=O)c2ccc(C(=O)Oc3ccc(Cl)cc3)cc2)C[C@@H](C)O1. The van der Waals surface area contributed by atoms with E-state index in [1.165, 1.54) is 28.6 Å². The third-order valence-electron chi connectivity index (χ3n) is 4.14. The van der Waals surface area contributed by atoms with Gasteiger partial charge in [0.15, 0.2) is 0 Å². The summed E-state index contributed by atoms with van der Waals surface area (Å²) in [5.74, 6) is -0.215. The van der Waals surface area contributed by atoms with E-state index in [1.54, 1.807) is 24.3 Å². The van der Waals surface area contributed by atoms with Crippen molar-refractivity contribution in [1.82, 2.24) is 4.31 Å². The Balaban J connectivity index is 1.74. The predicted octanol–water partition coefficient (Wildman–Crippen LogP) is 3.36. The Morgan fingerprint density at radius 2 is 1.59 bits per heavy atom. The van der Waals surface area contributed by atoms with Crippen LogP contribution in [0.15, 0.2) is 53.4 Å². The van der Waals surface area contributed by atoms with E-state index >= 15 is 0 Å². The van der Waals surface area contributed by atoms with Crippen molar-refractivity contribution in [2.45, 2.75) is 31.0 Å². The molecule has 0 aromatic heterocycles. The molecule has 2 atom stereocenters. The first-order valence-electron chi connectivity index (χ1n) is 8.49. The van der Waals surface area contributed by atoms with Crippen LogP contribution in [0.3, 0.4) is 0 Å². The Kier molecular flexibility index (Phi) is 5.86. The largest absolute Gasteiger partial charge is 0.423 e. The van der Waals surface area contributed by atoms with Crippen molar-refractivity contribution < 1.29 is 22.7 Å². The van der Waals surface area contributed by atoms with Crippen molar-refractivity contribution >= 4 is 27.6 Å². The number of sulfonamides is 1. The summed E-state index contributed by atoms with van der Waals surface area (Å²) >= 11 is 5.80. The average Bonchev–Trinajstić information content (AvgIpc) is 2.63. The van der Waals surface area contributed by atoms with Crippen LogP contribution >= 0.6 is 11.6 Å². The van der Waals surface area contributed by atoms with Crippen LogP contribution in [0.4, 0.5) is 0 Å². The van der Waals surface area contributed by atoms with Crippen LogP contribution < -0.4 is 4.74 Å². The predicted molar refractivity (Wildman–Crippen MR) is 102 cm³/mol. The van der Waals surface area contributed by atoms with E-state index in [0.717, 1.165) is 0 Å². The molecule has 0 spiro atoms. The number of nitrogens with zero attached hydrogens (tertiary/aromatic N) is 1. The number of hydrogen-bond acceptors (Lipinski definition) is 5. The fourth-order valence-electron chi connectivity index (χ4n) is 2.91. The third kappa shape index (κ3) is 4.68. The molecule has 27 heavy (non-hydrogen) atoms. The lowest BCUT2D eigenvalue weighted by molar-refractivity contribution is -0.0440. The number of hydrogen-bond donors (Lipinski definition) is 0. The van der Waals surface area contributed by atoms with E-state index in [9.17, 15) is 13.2 Å². The van der Waals surface area contributed by atoms with Gasteiger partial charge in [-0.3, -0.25) is 0 Å². The Labute approximate surface area is 163 Å². The van der Waals surface area contributed by atoms with E-state index in [1.807, 2.05) is 13.8 Å². The van der Waals surface area contributed by atoms with Gasteiger partial charge in [0.25, 0.3) is 0 Å². The third-order valence-corrected chi connectivity index (χ3v) is 6.24. The molecule has 1 fully saturated rings. The molecule has 2 aromatic carbocycles. The molecule has 0 radical (unpaired) electrons. The molecule has 1 aliphatic heterocycles. The van der Waals surface area contributed by atoms with E-state index in [4.69, 9.17) is 21.1 Å². The standard InChI is InChI=1S/C19H20ClNO5S/c1-13-11-21(12-14(2)25-13)27(23,24)18-9-3-15(4-10-18)19(22)26-17-7-5-16(20)6-8-17/h3-10,13-14H,11-12H2,1-2H3/t13-,14-/m1/s1. The Morgan fingerprint density at radius 3 is 2.15 bits per heavy atom. The number of morpholine rings is 1. The monoisotopic (exact) mass is 409 g/mol. The number of benzene rings is 2. The van der Waals surface area contributed by atoms with Gasteiger partial charge in [-0.15, -0.1) is 0 Å².